The highest BCUT2D eigenvalue weighted by Gasteiger charge is 2.16. The van der Waals surface area contributed by atoms with Crippen LogP contribution in [0.25, 0.3) is 10.8 Å². The Morgan fingerprint density at radius 2 is 1.80 bits per heavy atom. The minimum Gasteiger partial charge on any atom is -0.385 e. The highest BCUT2D eigenvalue weighted by Crippen LogP contribution is 2.22. The van der Waals surface area contributed by atoms with Gasteiger partial charge in [0.05, 0.1) is 5.69 Å². The van der Waals surface area contributed by atoms with E-state index in [-0.39, 0.29) is 0 Å². The Bertz CT molecular complexity index is 530. The lowest BCUT2D eigenvalue weighted by Gasteiger charge is -2.24. The van der Waals surface area contributed by atoms with E-state index in [0.29, 0.717) is 6.54 Å². The molecule has 1 N–H and O–H groups in total. The number of aliphatic hydroxyl groups is 1. The normalized spacial score (nSPS) is 13.0. The van der Waals surface area contributed by atoms with Crippen molar-refractivity contribution in [2.75, 3.05) is 19.6 Å². The average Bonchev–Trinajstić information content (AvgIpc) is 2.47. The second-order valence-electron chi connectivity index (χ2n) is 5.23. The molecule has 2 aromatic rings. The largest absolute Gasteiger partial charge is 0.385 e. The zero-order valence-electron chi connectivity index (χ0n) is 12.4. The standard InChI is InChI=1S/C17H24N2O/c1-3-11-19(12-4-2)13-16(20)17-15-8-6-5-7-14(15)9-10-18-17/h5-10,16,20H,3-4,11-13H2,1-2H3. The predicted octanol–water partition coefficient (Wildman–Crippen LogP) is 3.39. The van der Waals surface area contributed by atoms with Gasteiger partial charge in [-0.25, -0.2) is 0 Å². The monoisotopic (exact) mass is 272 g/mol. The molecule has 1 atom stereocenters. The van der Waals surface area contributed by atoms with E-state index in [0.717, 1.165) is 42.4 Å². The first-order valence-corrected chi connectivity index (χ1v) is 7.50. The van der Waals surface area contributed by atoms with Crippen LogP contribution >= 0.6 is 0 Å². The van der Waals surface area contributed by atoms with E-state index in [1.165, 1.54) is 0 Å². The molecule has 0 amide bonds. The van der Waals surface area contributed by atoms with Crippen LogP contribution in [-0.2, 0) is 0 Å². The lowest BCUT2D eigenvalue weighted by molar-refractivity contribution is 0.111. The van der Waals surface area contributed by atoms with Crippen LogP contribution in [0.3, 0.4) is 0 Å². The smallest absolute Gasteiger partial charge is 0.109 e. The van der Waals surface area contributed by atoms with Gasteiger partial charge < -0.3 is 10.0 Å². The molecule has 3 nitrogen and oxygen atoms in total. The molecule has 0 saturated carbocycles. The molecule has 0 radical (unpaired) electrons. The number of rotatable bonds is 7. The minimum absolute atomic E-state index is 0.529. The maximum Gasteiger partial charge on any atom is 0.109 e. The van der Waals surface area contributed by atoms with E-state index >= 15 is 0 Å². The summed E-state index contributed by atoms with van der Waals surface area (Å²) in [7, 11) is 0. The fourth-order valence-electron chi connectivity index (χ4n) is 2.67. The number of nitrogens with zero attached hydrogens (tertiary/aromatic N) is 2. The summed E-state index contributed by atoms with van der Waals surface area (Å²) in [5.41, 5.74) is 0.792. The first kappa shape index (κ1) is 14.9. The van der Waals surface area contributed by atoms with Gasteiger partial charge in [0.2, 0.25) is 0 Å². The van der Waals surface area contributed by atoms with Crippen LogP contribution in [0.4, 0.5) is 0 Å². The second kappa shape index (κ2) is 7.36. The molecule has 0 aliphatic rings. The minimum atomic E-state index is -0.529. The van der Waals surface area contributed by atoms with Crippen molar-refractivity contribution in [3.8, 4) is 0 Å². The summed E-state index contributed by atoms with van der Waals surface area (Å²) >= 11 is 0. The average molecular weight is 272 g/mol. The van der Waals surface area contributed by atoms with Gasteiger partial charge >= 0.3 is 0 Å². The molecule has 3 heteroatoms. The highest BCUT2D eigenvalue weighted by atomic mass is 16.3. The van der Waals surface area contributed by atoms with E-state index in [1.807, 2.05) is 24.3 Å². The van der Waals surface area contributed by atoms with Gasteiger partial charge in [-0.05, 0) is 37.4 Å². The van der Waals surface area contributed by atoms with Crippen molar-refractivity contribution >= 4 is 10.8 Å². The third kappa shape index (κ3) is 3.56. The number of fused-ring (bicyclic) bond motifs is 1. The van der Waals surface area contributed by atoms with Crippen molar-refractivity contribution in [1.82, 2.24) is 9.88 Å². The predicted molar refractivity (Wildman–Crippen MR) is 83.7 cm³/mol. The van der Waals surface area contributed by atoms with E-state index in [2.05, 4.69) is 29.8 Å². The van der Waals surface area contributed by atoms with Crippen LogP contribution in [0.1, 0.15) is 38.5 Å². The number of hydrogen-bond donors (Lipinski definition) is 1. The lowest BCUT2D eigenvalue weighted by Crippen LogP contribution is -2.30. The van der Waals surface area contributed by atoms with Crippen LogP contribution in [-0.4, -0.2) is 34.6 Å². The fraction of sp³-hybridized carbons (Fsp3) is 0.471. The molecule has 0 aliphatic heterocycles. The van der Waals surface area contributed by atoms with E-state index in [4.69, 9.17) is 0 Å². The first-order chi connectivity index (χ1) is 9.76. The lowest BCUT2D eigenvalue weighted by atomic mass is 10.1. The summed E-state index contributed by atoms with van der Waals surface area (Å²) in [6, 6.07) is 10.1. The molecule has 20 heavy (non-hydrogen) atoms. The van der Waals surface area contributed by atoms with Crippen molar-refractivity contribution in [3.05, 3.63) is 42.2 Å². The van der Waals surface area contributed by atoms with Gasteiger partial charge in [-0.15, -0.1) is 0 Å². The zero-order valence-corrected chi connectivity index (χ0v) is 12.4. The van der Waals surface area contributed by atoms with Crippen LogP contribution in [0.2, 0.25) is 0 Å². The Hall–Kier alpha value is -1.45. The summed E-state index contributed by atoms with van der Waals surface area (Å²) < 4.78 is 0. The summed E-state index contributed by atoms with van der Waals surface area (Å²) in [6.07, 6.45) is 3.47. The molecule has 0 bridgehead atoms. The molecule has 0 aliphatic carbocycles. The molecule has 2 rings (SSSR count). The second-order valence-corrected chi connectivity index (χ2v) is 5.23. The molecule has 108 valence electrons. The van der Waals surface area contributed by atoms with Crippen LogP contribution in [0.15, 0.2) is 36.5 Å². The maximum absolute atomic E-state index is 10.5. The number of aliphatic hydroxyl groups excluding tert-OH is 1. The number of pyridine rings is 1. The number of benzene rings is 1. The van der Waals surface area contributed by atoms with Crippen molar-refractivity contribution < 1.29 is 5.11 Å². The van der Waals surface area contributed by atoms with Gasteiger partial charge in [0, 0.05) is 18.1 Å². The van der Waals surface area contributed by atoms with Crippen LogP contribution in [0, 0.1) is 0 Å². The van der Waals surface area contributed by atoms with E-state index < -0.39 is 6.10 Å². The van der Waals surface area contributed by atoms with E-state index in [1.54, 1.807) is 6.20 Å². The van der Waals surface area contributed by atoms with Crippen LogP contribution < -0.4 is 0 Å². The van der Waals surface area contributed by atoms with Gasteiger partial charge in [-0.1, -0.05) is 38.1 Å². The van der Waals surface area contributed by atoms with Crippen LogP contribution in [0.5, 0.6) is 0 Å². The van der Waals surface area contributed by atoms with Gasteiger partial charge in [0.15, 0.2) is 0 Å². The first-order valence-electron chi connectivity index (χ1n) is 7.50. The molecule has 0 spiro atoms. The summed E-state index contributed by atoms with van der Waals surface area (Å²) in [5.74, 6) is 0. The Labute approximate surface area is 121 Å². The third-order valence-electron chi connectivity index (χ3n) is 3.53. The molecular formula is C17H24N2O. The highest BCUT2D eigenvalue weighted by molar-refractivity contribution is 5.84. The Balaban J connectivity index is 2.20. The molecule has 0 saturated heterocycles. The summed E-state index contributed by atoms with van der Waals surface area (Å²) in [5, 5.41) is 12.7. The molecule has 0 fully saturated rings. The van der Waals surface area contributed by atoms with Crippen molar-refractivity contribution in [1.29, 1.82) is 0 Å². The Morgan fingerprint density at radius 1 is 1.10 bits per heavy atom. The Kier molecular flexibility index (Phi) is 5.50. The van der Waals surface area contributed by atoms with Crippen molar-refractivity contribution in [3.63, 3.8) is 0 Å². The molecule has 1 unspecified atom stereocenters. The van der Waals surface area contributed by atoms with Gasteiger partial charge in [0.25, 0.3) is 0 Å². The Morgan fingerprint density at radius 3 is 2.50 bits per heavy atom. The van der Waals surface area contributed by atoms with Crippen molar-refractivity contribution in [2.24, 2.45) is 0 Å². The molecule has 1 aromatic carbocycles. The number of hydrogen-bond acceptors (Lipinski definition) is 3. The number of aromatic nitrogens is 1. The maximum atomic E-state index is 10.5. The SMILES string of the molecule is CCCN(CCC)CC(O)c1nccc2ccccc12. The topological polar surface area (TPSA) is 36.4 Å². The quantitative estimate of drug-likeness (QED) is 0.839. The van der Waals surface area contributed by atoms with Gasteiger partial charge in [-0.2, -0.15) is 0 Å². The zero-order chi connectivity index (χ0) is 14.4. The van der Waals surface area contributed by atoms with Gasteiger partial charge in [-0.3, -0.25) is 4.98 Å². The summed E-state index contributed by atoms with van der Waals surface area (Å²) in [6.45, 7) is 7.05. The van der Waals surface area contributed by atoms with Gasteiger partial charge in [0.1, 0.15) is 6.10 Å². The third-order valence-corrected chi connectivity index (χ3v) is 3.53. The molecule has 1 aromatic heterocycles. The fourth-order valence-corrected chi connectivity index (χ4v) is 2.67. The van der Waals surface area contributed by atoms with Crippen molar-refractivity contribution in [2.45, 2.75) is 32.8 Å². The molecule has 1 heterocycles. The molecular weight excluding hydrogens is 248 g/mol. The van der Waals surface area contributed by atoms with E-state index in [9.17, 15) is 5.11 Å². The summed E-state index contributed by atoms with van der Waals surface area (Å²) in [4.78, 5) is 6.72.